The molecule has 0 spiro atoms. The van der Waals surface area contributed by atoms with Crippen molar-refractivity contribution < 1.29 is 4.79 Å². The Hall–Kier alpha value is -0.940. The van der Waals surface area contributed by atoms with Gasteiger partial charge in [0.25, 0.3) is 0 Å². The normalized spacial score (nSPS) is 13.6. The van der Waals surface area contributed by atoms with Gasteiger partial charge in [0.1, 0.15) is 5.01 Å². The number of aryl methyl sites for hydroxylation is 1. The lowest BCUT2D eigenvalue weighted by atomic mass is 10.0. The minimum atomic E-state index is -0.431. The van der Waals surface area contributed by atoms with Crippen LogP contribution in [0.25, 0.3) is 0 Å². The van der Waals surface area contributed by atoms with Gasteiger partial charge in [0.2, 0.25) is 5.91 Å². The molecule has 0 fully saturated rings. The maximum atomic E-state index is 11.8. The molecule has 0 radical (unpaired) electrons. The van der Waals surface area contributed by atoms with Crippen LogP contribution in [0.4, 0.5) is 0 Å². The second-order valence-corrected chi connectivity index (χ2v) is 5.76. The number of rotatable bonds is 4. The Labute approximate surface area is 100 Å². The second kappa shape index (κ2) is 4.93. The Balaban J connectivity index is 2.75. The molecule has 1 heterocycles. The summed E-state index contributed by atoms with van der Waals surface area (Å²) < 4.78 is 0. The molecule has 3 N–H and O–H groups in total. The van der Waals surface area contributed by atoms with E-state index in [0.29, 0.717) is 6.54 Å². The zero-order valence-electron chi connectivity index (χ0n) is 10.2. The first-order valence-corrected chi connectivity index (χ1v) is 6.13. The highest BCUT2D eigenvalue weighted by atomic mass is 32.1. The van der Waals surface area contributed by atoms with E-state index >= 15 is 0 Å². The molecule has 16 heavy (non-hydrogen) atoms. The first kappa shape index (κ1) is 13.1. The van der Waals surface area contributed by atoms with Crippen molar-refractivity contribution in [2.75, 3.05) is 6.54 Å². The summed E-state index contributed by atoms with van der Waals surface area (Å²) in [6.07, 6.45) is 1.82. The zero-order valence-corrected chi connectivity index (χ0v) is 11.0. The summed E-state index contributed by atoms with van der Waals surface area (Å²) in [6, 6.07) is 0. The second-order valence-electron chi connectivity index (χ2n) is 4.53. The van der Waals surface area contributed by atoms with Crippen molar-refractivity contribution in [2.24, 2.45) is 11.7 Å². The van der Waals surface area contributed by atoms with Gasteiger partial charge in [0, 0.05) is 23.5 Å². The quantitative estimate of drug-likeness (QED) is 0.837. The average Bonchev–Trinajstić information content (AvgIpc) is 2.63. The molecule has 1 aromatic rings. The number of amides is 1. The monoisotopic (exact) mass is 241 g/mol. The Bertz CT molecular complexity index is 373. The molecule has 1 rings (SSSR count). The fraction of sp³-hybridized carbons (Fsp3) is 0.636. The summed E-state index contributed by atoms with van der Waals surface area (Å²) in [7, 11) is 0. The smallest absolute Gasteiger partial charge is 0.224 e. The summed E-state index contributed by atoms with van der Waals surface area (Å²) in [5.74, 6) is -0.194. The predicted molar refractivity (Wildman–Crippen MR) is 66.2 cm³/mol. The van der Waals surface area contributed by atoms with Gasteiger partial charge in [-0.2, -0.15) is 0 Å². The number of nitrogens with one attached hydrogen (secondary N) is 1. The molecule has 0 aromatic carbocycles. The fourth-order valence-electron chi connectivity index (χ4n) is 1.24. The summed E-state index contributed by atoms with van der Waals surface area (Å²) >= 11 is 1.60. The Morgan fingerprint density at radius 1 is 1.69 bits per heavy atom. The van der Waals surface area contributed by atoms with Crippen molar-refractivity contribution in [1.82, 2.24) is 10.3 Å². The van der Waals surface area contributed by atoms with Gasteiger partial charge in [-0.25, -0.2) is 4.98 Å². The molecular formula is C11H19N3OS. The highest BCUT2D eigenvalue weighted by Crippen LogP contribution is 2.24. The molecule has 0 bridgehead atoms. The summed E-state index contributed by atoms with van der Waals surface area (Å²) in [5, 5.41) is 3.88. The van der Waals surface area contributed by atoms with E-state index in [2.05, 4.69) is 10.3 Å². The molecule has 1 atom stereocenters. The van der Waals surface area contributed by atoms with Crippen LogP contribution < -0.4 is 11.1 Å². The first-order chi connectivity index (χ1) is 7.36. The Morgan fingerprint density at radius 3 is 2.75 bits per heavy atom. The standard InChI is InChI=1S/C11H19N3OS/c1-7(5-12)9(15)14-11(3,4)10-13-6-8(2)16-10/h6-7H,5,12H2,1-4H3,(H,14,15). The van der Waals surface area contributed by atoms with E-state index in [1.807, 2.05) is 33.9 Å². The van der Waals surface area contributed by atoms with Gasteiger partial charge in [0.05, 0.1) is 5.54 Å². The van der Waals surface area contributed by atoms with Crippen molar-refractivity contribution in [1.29, 1.82) is 0 Å². The molecule has 1 amide bonds. The molecule has 1 aromatic heterocycles. The Kier molecular flexibility index (Phi) is 4.04. The van der Waals surface area contributed by atoms with Gasteiger partial charge < -0.3 is 11.1 Å². The van der Waals surface area contributed by atoms with E-state index in [-0.39, 0.29) is 11.8 Å². The van der Waals surface area contributed by atoms with E-state index < -0.39 is 5.54 Å². The third-order valence-corrected chi connectivity index (χ3v) is 3.63. The summed E-state index contributed by atoms with van der Waals surface area (Å²) in [4.78, 5) is 17.2. The van der Waals surface area contributed by atoms with Crippen molar-refractivity contribution >= 4 is 17.2 Å². The largest absolute Gasteiger partial charge is 0.344 e. The van der Waals surface area contributed by atoms with Gasteiger partial charge in [0.15, 0.2) is 0 Å². The van der Waals surface area contributed by atoms with Crippen LogP contribution in [0.1, 0.15) is 30.7 Å². The molecule has 0 aliphatic rings. The van der Waals surface area contributed by atoms with Crippen molar-refractivity contribution in [3.63, 3.8) is 0 Å². The minimum absolute atomic E-state index is 0.0275. The van der Waals surface area contributed by atoms with E-state index in [1.54, 1.807) is 11.3 Å². The minimum Gasteiger partial charge on any atom is -0.344 e. The van der Waals surface area contributed by atoms with Crippen molar-refractivity contribution in [2.45, 2.75) is 33.2 Å². The Morgan fingerprint density at radius 2 is 2.31 bits per heavy atom. The molecule has 1 unspecified atom stereocenters. The highest BCUT2D eigenvalue weighted by Gasteiger charge is 2.27. The molecular weight excluding hydrogens is 222 g/mol. The molecule has 0 saturated carbocycles. The molecule has 0 aliphatic carbocycles. The molecule has 5 heteroatoms. The number of hydrogen-bond donors (Lipinski definition) is 2. The van der Waals surface area contributed by atoms with Crippen LogP contribution in [-0.4, -0.2) is 17.4 Å². The average molecular weight is 241 g/mol. The number of thiazole rings is 1. The van der Waals surface area contributed by atoms with Gasteiger partial charge in [-0.15, -0.1) is 11.3 Å². The third-order valence-electron chi connectivity index (χ3n) is 2.39. The number of nitrogens with zero attached hydrogens (tertiary/aromatic N) is 1. The lowest BCUT2D eigenvalue weighted by Gasteiger charge is -2.25. The van der Waals surface area contributed by atoms with Crippen LogP contribution in [0, 0.1) is 12.8 Å². The number of carbonyl (C=O) groups is 1. The molecule has 0 aliphatic heterocycles. The van der Waals surface area contributed by atoms with E-state index in [1.165, 1.54) is 0 Å². The number of nitrogens with two attached hydrogens (primary N) is 1. The van der Waals surface area contributed by atoms with E-state index in [9.17, 15) is 4.79 Å². The fourth-order valence-corrected chi connectivity index (χ4v) is 2.06. The van der Waals surface area contributed by atoms with Crippen LogP contribution in [0.5, 0.6) is 0 Å². The van der Waals surface area contributed by atoms with Gasteiger partial charge in [-0.3, -0.25) is 4.79 Å². The SMILES string of the molecule is Cc1cnc(C(C)(C)NC(=O)C(C)CN)s1. The topological polar surface area (TPSA) is 68.0 Å². The number of carbonyl (C=O) groups excluding carboxylic acids is 1. The highest BCUT2D eigenvalue weighted by molar-refractivity contribution is 7.11. The lowest BCUT2D eigenvalue weighted by Crippen LogP contribution is -2.44. The number of hydrogen-bond acceptors (Lipinski definition) is 4. The van der Waals surface area contributed by atoms with Crippen LogP contribution in [-0.2, 0) is 10.3 Å². The first-order valence-electron chi connectivity index (χ1n) is 5.32. The van der Waals surface area contributed by atoms with Crippen LogP contribution in [0.15, 0.2) is 6.20 Å². The zero-order chi connectivity index (χ0) is 12.3. The third kappa shape index (κ3) is 3.02. The van der Waals surface area contributed by atoms with Crippen molar-refractivity contribution in [3.8, 4) is 0 Å². The number of aromatic nitrogens is 1. The molecule has 90 valence electrons. The maximum Gasteiger partial charge on any atom is 0.224 e. The van der Waals surface area contributed by atoms with Gasteiger partial charge in [-0.1, -0.05) is 6.92 Å². The van der Waals surface area contributed by atoms with Gasteiger partial charge in [-0.05, 0) is 20.8 Å². The summed E-state index contributed by atoms with van der Waals surface area (Å²) in [6.45, 7) is 8.08. The maximum absolute atomic E-state index is 11.8. The predicted octanol–water partition coefficient (Wildman–Crippen LogP) is 1.40. The summed E-state index contributed by atoms with van der Waals surface area (Å²) in [5.41, 5.74) is 5.03. The van der Waals surface area contributed by atoms with Crippen LogP contribution in [0.3, 0.4) is 0 Å². The van der Waals surface area contributed by atoms with Crippen LogP contribution in [0.2, 0.25) is 0 Å². The molecule has 4 nitrogen and oxygen atoms in total. The van der Waals surface area contributed by atoms with E-state index in [4.69, 9.17) is 5.73 Å². The van der Waals surface area contributed by atoms with E-state index in [0.717, 1.165) is 9.88 Å². The van der Waals surface area contributed by atoms with Crippen LogP contribution >= 0.6 is 11.3 Å². The lowest BCUT2D eigenvalue weighted by molar-refractivity contribution is -0.125. The van der Waals surface area contributed by atoms with Gasteiger partial charge >= 0.3 is 0 Å². The molecule has 0 saturated heterocycles. The van der Waals surface area contributed by atoms with Crippen molar-refractivity contribution in [3.05, 3.63) is 16.1 Å².